The van der Waals surface area contributed by atoms with Crippen LogP contribution in [0.4, 0.5) is 0 Å². The fourth-order valence-electron chi connectivity index (χ4n) is 4.24. The molecule has 0 saturated heterocycles. The van der Waals surface area contributed by atoms with E-state index in [4.69, 9.17) is 0 Å². The van der Waals surface area contributed by atoms with Gasteiger partial charge >= 0.3 is 0 Å². The predicted octanol–water partition coefficient (Wildman–Crippen LogP) is 4.05. The summed E-state index contributed by atoms with van der Waals surface area (Å²) in [5.41, 5.74) is 3.72. The molecular formula is C19H26N2O2S. The number of H-pyrrole nitrogens is 1. The van der Waals surface area contributed by atoms with Gasteiger partial charge in [0, 0.05) is 22.6 Å². The van der Waals surface area contributed by atoms with Crippen molar-refractivity contribution >= 4 is 20.9 Å². The van der Waals surface area contributed by atoms with Gasteiger partial charge in [-0.05, 0) is 62.3 Å². The molecule has 4 nitrogen and oxygen atoms in total. The van der Waals surface area contributed by atoms with Gasteiger partial charge in [0.2, 0.25) is 10.0 Å². The van der Waals surface area contributed by atoms with Crippen LogP contribution in [0.3, 0.4) is 0 Å². The zero-order chi connectivity index (χ0) is 16.6. The quantitative estimate of drug-likeness (QED) is 0.881. The molecule has 1 saturated carbocycles. The summed E-state index contributed by atoms with van der Waals surface area (Å²) in [6.07, 6.45) is 11.3. The smallest absolute Gasteiger partial charge is 0.240 e. The highest BCUT2D eigenvalue weighted by atomic mass is 32.2. The van der Waals surface area contributed by atoms with E-state index in [1.807, 2.05) is 12.1 Å². The maximum atomic E-state index is 12.7. The molecule has 5 heteroatoms. The van der Waals surface area contributed by atoms with Gasteiger partial charge in [-0.25, -0.2) is 13.1 Å². The monoisotopic (exact) mass is 346 g/mol. The third kappa shape index (κ3) is 3.11. The summed E-state index contributed by atoms with van der Waals surface area (Å²) < 4.78 is 28.3. The number of fused-ring (bicyclic) bond motifs is 3. The Kier molecular flexibility index (Phi) is 4.39. The van der Waals surface area contributed by atoms with E-state index in [-0.39, 0.29) is 6.04 Å². The second kappa shape index (κ2) is 6.52. The van der Waals surface area contributed by atoms with Crippen LogP contribution in [0.5, 0.6) is 0 Å². The molecule has 0 radical (unpaired) electrons. The second-order valence-electron chi connectivity index (χ2n) is 7.31. The molecule has 4 rings (SSSR count). The minimum atomic E-state index is -3.42. The number of aromatic amines is 1. The molecule has 2 aromatic rings. The maximum Gasteiger partial charge on any atom is 0.240 e. The van der Waals surface area contributed by atoms with Gasteiger partial charge in [0.25, 0.3) is 0 Å². The molecule has 1 fully saturated rings. The van der Waals surface area contributed by atoms with Crippen LogP contribution >= 0.6 is 0 Å². The summed E-state index contributed by atoms with van der Waals surface area (Å²) in [4.78, 5) is 3.93. The Morgan fingerprint density at radius 2 is 1.71 bits per heavy atom. The standard InChI is InChI=1S/C19H26N2O2S/c22-24(23,21-14-7-5-6-8-14)15-11-12-19-17(13-15)16-9-3-1-2-4-10-18(16)20-19/h11-14,20-21H,1-10H2. The normalized spacial score (nSPS) is 20.0. The molecule has 130 valence electrons. The van der Waals surface area contributed by atoms with Gasteiger partial charge < -0.3 is 4.98 Å². The van der Waals surface area contributed by atoms with Crippen molar-refractivity contribution in [2.24, 2.45) is 0 Å². The van der Waals surface area contributed by atoms with Crippen molar-refractivity contribution < 1.29 is 8.42 Å². The molecule has 2 aliphatic rings. The zero-order valence-electron chi connectivity index (χ0n) is 14.1. The first kappa shape index (κ1) is 16.2. The van der Waals surface area contributed by atoms with Gasteiger partial charge in [0.1, 0.15) is 0 Å². The molecule has 0 amide bonds. The number of sulfonamides is 1. The van der Waals surface area contributed by atoms with Gasteiger partial charge in [-0.15, -0.1) is 0 Å². The summed E-state index contributed by atoms with van der Waals surface area (Å²) in [7, 11) is -3.42. The summed E-state index contributed by atoms with van der Waals surface area (Å²) in [5, 5.41) is 1.10. The Bertz CT molecular complexity index is 832. The van der Waals surface area contributed by atoms with E-state index in [1.165, 1.54) is 36.9 Å². The third-order valence-corrected chi connectivity index (χ3v) is 7.08. The largest absolute Gasteiger partial charge is 0.358 e. The minimum absolute atomic E-state index is 0.109. The first-order chi connectivity index (χ1) is 11.6. The van der Waals surface area contributed by atoms with Crippen molar-refractivity contribution in [1.82, 2.24) is 9.71 Å². The van der Waals surface area contributed by atoms with E-state index < -0.39 is 10.0 Å². The highest BCUT2D eigenvalue weighted by molar-refractivity contribution is 7.89. The molecule has 0 unspecified atom stereocenters. The van der Waals surface area contributed by atoms with Gasteiger partial charge in [-0.2, -0.15) is 0 Å². The van der Waals surface area contributed by atoms with Crippen LogP contribution < -0.4 is 4.72 Å². The summed E-state index contributed by atoms with van der Waals surface area (Å²) in [5.74, 6) is 0. The Hall–Kier alpha value is -1.33. The van der Waals surface area contributed by atoms with Crippen molar-refractivity contribution in [3.05, 3.63) is 29.5 Å². The molecule has 0 atom stereocenters. The molecule has 2 aliphatic carbocycles. The minimum Gasteiger partial charge on any atom is -0.358 e. The average molecular weight is 346 g/mol. The van der Waals surface area contributed by atoms with E-state index in [1.54, 1.807) is 6.07 Å². The van der Waals surface area contributed by atoms with Crippen LogP contribution in [0, 0.1) is 0 Å². The molecule has 1 heterocycles. The molecule has 1 aromatic carbocycles. The number of aromatic nitrogens is 1. The summed E-state index contributed by atoms with van der Waals surface area (Å²) in [6, 6.07) is 5.66. The first-order valence-electron chi connectivity index (χ1n) is 9.29. The lowest BCUT2D eigenvalue weighted by atomic mass is 9.97. The lowest BCUT2D eigenvalue weighted by Crippen LogP contribution is -2.32. The van der Waals surface area contributed by atoms with Crippen molar-refractivity contribution in [2.45, 2.75) is 75.1 Å². The van der Waals surface area contributed by atoms with Crippen molar-refractivity contribution in [3.8, 4) is 0 Å². The lowest BCUT2D eigenvalue weighted by Gasteiger charge is -2.13. The summed E-state index contributed by atoms with van der Waals surface area (Å²) >= 11 is 0. The lowest BCUT2D eigenvalue weighted by molar-refractivity contribution is 0.552. The average Bonchev–Trinajstić information content (AvgIpc) is 3.14. The fourth-order valence-corrected chi connectivity index (χ4v) is 5.57. The SMILES string of the molecule is O=S(=O)(NC1CCCC1)c1ccc2[nH]c3c(c2c1)CCCCCC3. The molecule has 24 heavy (non-hydrogen) atoms. The number of nitrogens with one attached hydrogen (secondary N) is 2. The molecule has 0 bridgehead atoms. The van der Waals surface area contributed by atoms with Gasteiger partial charge in [-0.3, -0.25) is 0 Å². The molecule has 0 spiro atoms. The first-order valence-corrected chi connectivity index (χ1v) is 10.8. The fraction of sp³-hybridized carbons (Fsp3) is 0.579. The molecule has 0 aliphatic heterocycles. The van der Waals surface area contributed by atoms with Crippen LogP contribution in [0.25, 0.3) is 10.9 Å². The third-order valence-electron chi connectivity index (χ3n) is 5.56. The molecule has 2 N–H and O–H groups in total. The van der Waals surface area contributed by atoms with E-state index in [9.17, 15) is 8.42 Å². The predicted molar refractivity (Wildman–Crippen MR) is 96.8 cm³/mol. The number of rotatable bonds is 3. The maximum absolute atomic E-state index is 12.7. The number of benzene rings is 1. The Morgan fingerprint density at radius 3 is 2.50 bits per heavy atom. The van der Waals surface area contributed by atoms with Gasteiger partial charge in [-0.1, -0.05) is 25.7 Å². The van der Waals surface area contributed by atoms with Crippen LogP contribution in [-0.2, 0) is 22.9 Å². The van der Waals surface area contributed by atoms with E-state index in [2.05, 4.69) is 9.71 Å². The summed E-state index contributed by atoms with van der Waals surface area (Å²) in [6.45, 7) is 0. The van der Waals surface area contributed by atoms with Gasteiger partial charge in [0.05, 0.1) is 4.90 Å². The molecular weight excluding hydrogens is 320 g/mol. The van der Waals surface area contributed by atoms with E-state index in [0.717, 1.165) is 49.4 Å². The van der Waals surface area contributed by atoms with Crippen molar-refractivity contribution in [1.29, 1.82) is 0 Å². The Morgan fingerprint density at radius 1 is 0.958 bits per heavy atom. The van der Waals surface area contributed by atoms with Gasteiger partial charge in [0.15, 0.2) is 0 Å². The highest BCUT2D eigenvalue weighted by Gasteiger charge is 2.24. The topological polar surface area (TPSA) is 62.0 Å². The van der Waals surface area contributed by atoms with Crippen molar-refractivity contribution in [3.63, 3.8) is 0 Å². The van der Waals surface area contributed by atoms with Crippen molar-refractivity contribution in [2.75, 3.05) is 0 Å². The second-order valence-corrected chi connectivity index (χ2v) is 9.02. The number of hydrogen-bond acceptors (Lipinski definition) is 2. The van der Waals surface area contributed by atoms with Crippen LogP contribution in [-0.4, -0.2) is 19.4 Å². The Labute approximate surface area is 144 Å². The van der Waals surface area contributed by atoms with Crippen LogP contribution in [0.15, 0.2) is 23.1 Å². The molecule has 1 aromatic heterocycles. The number of hydrogen-bond donors (Lipinski definition) is 2. The highest BCUT2D eigenvalue weighted by Crippen LogP contribution is 2.30. The number of aryl methyl sites for hydroxylation is 2. The van der Waals surface area contributed by atoms with E-state index >= 15 is 0 Å². The zero-order valence-corrected chi connectivity index (χ0v) is 14.9. The van der Waals surface area contributed by atoms with Crippen LogP contribution in [0.2, 0.25) is 0 Å². The van der Waals surface area contributed by atoms with Crippen LogP contribution in [0.1, 0.15) is 62.6 Å². The Balaban J connectivity index is 1.70. The van der Waals surface area contributed by atoms with E-state index in [0.29, 0.717) is 4.90 Å².